The Morgan fingerprint density at radius 3 is 2.62 bits per heavy atom. The van der Waals surface area contributed by atoms with Crippen LogP contribution in [0.5, 0.6) is 5.75 Å². The first-order valence-corrected chi connectivity index (χ1v) is 4.52. The minimum Gasteiger partial charge on any atom is -0.486 e. The van der Waals surface area contributed by atoms with Crippen LogP contribution in [0.4, 0.5) is 0 Å². The van der Waals surface area contributed by atoms with E-state index in [1.54, 1.807) is 0 Å². The van der Waals surface area contributed by atoms with Crippen LogP contribution in [0.1, 0.15) is 19.8 Å². The lowest BCUT2D eigenvalue weighted by Gasteiger charge is -2.03. The summed E-state index contributed by atoms with van der Waals surface area (Å²) in [5.41, 5.74) is 0. The fourth-order valence-electron chi connectivity index (χ4n) is 1.03. The van der Waals surface area contributed by atoms with Gasteiger partial charge in [-0.2, -0.15) is 0 Å². The summed E-state index contributed by atoms with van der Waals surface area (Å²) in [6, 6.07) is 9.39. The van der Waals surface area contributed by atoms with Crippen molar-refractivity contribution in [3.05, 3.63) is 30.3 Å². The number of para-hydroxylation sites is 1. The third-order valence-electron chi connectivity index (χ3n) is 1.67. The second-order valence-corrected chi connectivity index (χ2v) is 2.89. The minimum atomic E-state index is 0.159. The van der Waals surface area contributed by atoms with E-state index < -0.39 is 0 Å². The molecule has 0 aromatic heterocycles. The molecule has 13 heavy (non-hydrogen) atoms. The molecule has 0 N–H and O–H groups in total. The lowest BCUT2D eigenvalue weighted by molar-refractivity contribution is -0.121. The number of Topliss-reactive ketones (excluding diaryl/α,β-unsaturated/α-hetero) is 1. The highest BCUT2D eigenvalue weighted by atomic mass is 16.5. The van der Waals surface area contributed by atoms with Crippen LogP contribution in [-0.2, 0) is 4.79 Å². The summed E-state index contributed by atoms with van der Waals surface area (Å²) in [6.07, 6.45) is 1.49. The van der Waals surface area contributed by atoms with E-state index in [2.05, 4.69) is 0 Å². The maximum Gasteiger partial charge on any atom is 0.170 e. The fraction of sp³-hybridized carbons (Fsp3) is 0.364. The highest BCUT2D eigenvalue weighted by Crippen LogP contribution is 2.08. The predicted molar refractivity (Wildman–Crippen MR) is 51.9 cm³/mol. The largest absolute Gasteiger partial charge is 0.486 e. The fourth-order valence-corrected chi connectivity index (χ4v) is 1.03. The third-order valence-corrected chi connectivity index (χ3v) is 1.67. The number of benzene rings is 1. The second kappa shape index (κ2) is 5.36. The normalized spacial score (nSPS) is 9.62. The Balaban J connectivity index is 2.31. The van der Waals surface area contributed by atoms with Gasteiger partial charge in [0.25, 0.3) is 0 Å². The Labute approximate surface area is 78.5 Å². The van der Waals surface area contributed by atoms with Gasteiger partial charge in [-0.05, 0) is 18.6 Å². The van der Waals surface area contributed by atoms with E-state index in [0.717, 1.165) is 12.2 Å². The summed E-state index contributed by atoms with van der Waals surface area (Å²) >= 11 is 0. The number of carbonyl (C=O) groups is 1. The molecule has 0 fully saturated rings. The first-order valence-electron chi connectivity index (χ1n) is 4.52. The van der Waals surface area contributed by atoms with Crippen molar-refractivity contribution >= 4 is 5.78 Å². The molecule has 2 nitrogen and oxygen atoms in total. The molecule has 0 radical (unpaired) electrons. The Hall–Kier alpha value is -1.31. The van der Waals surface area contributed by atoms with Gasteiger partial charge >= 0.3 is 0 Å². The van der Waals surface area contributed by atoms with Gasteiger partial charge in [0.2, 0.25) is 0 Å². The number of hydrogen-bond acceptors (Lipinski definition) is 2. The topological polar surface area (TPSA) is 26.3 Å². The molecule has 1 aromatic rings. The van der Waals surface area contributed by atoms with Crippen molar-refractivity contribution in [2.24, 2.45) is 0 Å². The van der Waals surface area contributed by atoms with E-state index in [1.165, 1.54) is 0 Å². The maximum atomic E-state index is 11.1. The molecule has 0 unspecified atom stereocenters. The molecule has 0 atom stereocenters. The summed E-state index contributed by atoms with van der Waals surface area (Å²) in [4.78, 5) is 11.1. The summed E-state index contributed by atoms with van der Waals surface area (Å²) in [6.45, 7) is 2.18. The number of ketones is 1. The summed E-state index contributed by atoms with van der Waals surface area (Å²) in [5, 5.41) is 0. The quantitative estimate of drug-likeness (QED) is 0.692. The Kier molecular flexibility index (Phi) is 4.03. The van der Waals surface area contributed by atoms with Crippen LogP contribution in [-0.4, -0.2) is 12.4 Å². The molecule has 0 amide bonds. The lowest BCUT2D eigenvalue weighted by Crippen LogP contribution is -2.10. The molecule has 1 rings (SSSR count). The maximum absolute atomic E-state index is 11.1. The van der Waals surface area contributed by atoms with Crippen LogP contribution in [0.2, 0.25) is 0 Å². The van der Waals surface area contributed by atoms with Gasteiger partial charge in [-0.1, -0.05) is 25.1 Å². The smallest absolute Gasteiger partial charge is 0.170 e. The van der Waals surface area contributed by atoms with Crippen molar-refractivity contribution in [3.8, 4) is 5.75 Å². The van der Waals surface area contributed by atoms with E-state index in [0.29, 0.717) is 6.42 Å². The number of hydrogen-bond donors (Lipinski definition) is 0. The van der Waals surface area contributed by atoms with Crippen molar-refractivity contribution < 1.29 is 9.53 Å². The number of carbonyl (C=O) groups excluding carboxylic acids is 1. The average Bonchev–Trinajstić information content (AvgIpc) is 2.17. The molecule has 0 heterocycles. The molecule has 0 saturated heterocycles. The highest BCUT2D eigenvalue weighted by molar-refractivity contribution is 5.79. The van der Waals surface area contributed by atoms with E-state index in [1.807, 2.05) is 37.3 Å². The summed E-state index contributed by atoms with van der Waals surface area (Å²) in [7, 11) is 0. The first-order chi connectivity index (χ1) is 6.33. The summed E-state index contributed by atoms with van der Waals surface area (Å²) in [5.74, 6) is 0.915. The van der Waals surface area contributed by atoms with Crippen LogP contribution >= 0.6 is 0 Å². The van der Waals surface area contributed by atoms with Crippen molar-refractivity contribution in [1.29, 1.82) is 0 Å². The minimum absolute atomic E-state index is 0.159. The number of rotatable bonds is 5. The van der Waals surface area contributed by atoms with Gasteiger partial charge in [0, 0.05) is 6.42 Å². The molecule has 0 aliphatic heterocycles. The van der Waals surface area contributed by atoms with Crippen molar-refractivity contribution in [3.63, 3.8) is 0 Å². The Morgan fingerprint density at radius 2 is 2.00 bits per heavy atom. The number of ether oxygens (including phenoxy) is 1. The Morgan fingerprint density at radius 1 is 1.31 bits per heavy atom. The zero-order valence-corrected chi connectivity index (χ0v) is 7.82. The van der Waals surface area contributed by atoms with Crippen LogP contribution in [0, 0.1) is 0 Å². The van der Waals surface area contributed by atoms with Crippen LogP contribution < -0.4 is 4.74 Å². The van der Waals surface area contributed by atoms with E-state index in [4.69, 9.17) is 4.74 Å². The standard InChI is InChI=1S/C11H14O2/c1-2-6-10(12)9-13-11-7-4-3-5-8-11/h3-5,7-8H,2,6,9H2,1H3. The van der Waals surface area contributed by atoms with Crippen molar-refractivity contribution in [1.82, 2.24) is 0 Å². The van der Waals surface area contributed by atoms with Crippen LogP contribution in [0.3, 0.4) is 0 Å². The predicted octanol–water partition coefficient (Wildman–Crippen LogP) is 2.43. The van der Waals surface area contributed by atoms with E-state index in [-0.39, 0.29) is 12.4 Å². The van der Waals surface area contributed by atoms with Gasteiger partial charge in [0.1, 0.15) is 12.4 Å². The zero-order chi connectivity index (χ0) is 9.52. The molecule has 2 heteroatoms. The van der Waals surface area contributed by atoms with Crippen molar-refractivity contribution in [2.75, 3.05) is 6.61 Å². The monoisotopic (exact) mass is 178 g/mol. The molecule has 0 saturated carbocycles. The molecular weight excluding hydrogens is 164 g/mol. The van der Waals surface area contributed by atoms with Gasteiger partial charge in [-0.15, -0.1) is 0 Å². The molecule has 0 spiro atoms. The van der Waals surface area contributed by atoms with Gasteiger partial charge < -0.3 is 4.74 Å². The molecule has 70 valence electrons. The van der Waals surface area contributed by atoms with Gasteiger partial charge in [-0.25, -0.2) is 0 Å². The second-order valence-electron chi connectivity index (χ2n) is 2.89. The van der Waals surface area contributed by atoms with E-state index >= 15 is 0 Å². The van der Waals surface area contributed by atoms with Gasteiger partial charge in [0.05, 0.1) is 0 Å². The van der Waals surface area contributed by atoms with Crippen LogP contribution in [0.25, 0.3) is 0 Å². The van der Waals surface area contributed by atoms with Gasteiger partial charge in [-0.3, -0.25) is 4.79 Å². The molecule has 0 bridgehead atoms. The van der Waals surface area contributed by atoms with Gasteiger partial charge in [0.15, 0.2) is 5.78 Å². The molecule has 1 aromatic carbocycles. The lowest BCUT2D eigenvalue weighted by atomic mass is 10.2. The van der Waals surface area contributed by atoms with E-state index in [9.17, 15) is 4.79 Å². The molecule has 0 aliphatic rings. The van der Waals surface area contributed by atoms with Crippen molar-refractivity contribution in [2.45, 2.75) is 19.8 Å². The summed E-state index contributed by atoms with van der Waals surface area (Å²) < 4.78 is 5.27. The Bertz CT molecular complexity index is 254. The highest BCUT2D eigenvalue weighted by Gasteiger charge is 2.00. The average molecular weight is 178 g/mol. The zero-order valence-electron chi connectivity index (χ0n) is 7.82. The van der Waals surface area contributed by atoms with Crippen LogP contribution in [0.15, 0.2) is 30.3 Å². The first kappa shape index (κ1) is 9.78. The SMILES string of the molecule is CCCC(=O)COc1ccccc1. The molecule has 0 aliphatic carbocycles. The molecular formula is C11H14O2. The third kappa shape index (κ3) is 3.74.